The standard InChI is InChI=1S/C43H30N2O2S/c1-27-9-8-11-37-36-10-2-3-12-38(36)45(43(27)37)35-20-18-29-22-30-23-32-25-34(19-17-28(32)21-31(30)24-33(29)26-35)44-39-13-4-6-15-41(39)48(46,47)42-16-7-5-14-40(42)44/h2-20,22,24-26H,21,23H2,1H3. The van der Waals surface area contributed by atoms with Crippen LogP contribution in [0.5, 0.6) is 0 Å². The fraction of sp³-hybridized carbons (Fsp3) is 0.0698. The number of aromatic nitrogens is 1. The van der Waals surface area contributed by atoms with Crippen molar-refractivity contribution in [3.63, 3.8) is 0 Å². The molecule has 2 heterocycles. The molecule has 5 heteroatoms. The van der Waals surface area contributed by atoms with E-state index in [1.54, 1.807) is 24.3 Å². The number of rotatable bonds is 2. The molecule has 2 aliphatic rings. The van der Waals surface area contributed by atoms with Crippen molar-refractivity contribution < 1.29 is 8.42 Å². The third kappa shape index (κ3) is 3.85. The van der Waals surface area contributed by atoms with E-state index in [1.165, 1.54) is 66.1 Å². The summed E-state index contributed by atoms with van der Waals surface area (Å²) >= 11 is 0. The lowest BCUT2D eigenvalue weighted by Gasteiger charge is -2.33. The summed E-state index contributed by atoms with van der Waals surface area (Å²) < 4.78 is 29.5. The molecule has 0 saturated heterocycles. The van der Waals surface area contributed by atoms with Crippen molar-refractivity contribution in [2.45, 2.75) is 29.6 Å². The van der Waals surface area contributed by atoms with Gasteiger partial charge in [-0.05, 0) is 113 Å². The van der Waals surface area contributed by atoms with Gasteiger partial charge in [0.25, 0.3) is 0 Å². The molecule has 4 nitrogen and oxygen atoms in total. The summed E-state index contributed by atoms with van der Waals surface area (Å²) in [5.74, 6) is 0. The zero-order valence-electron chi connectivity index (χ0n) is 26.3. The first-order chi connectivity index (χ1) is 23.5. The van der Waals surface area contributed by atoms with Gasteiger partial charge in [0.2, 0.25) is 9.84 Å². The van der Waals surface area contributed by atoms with E-state index in [0.717, 1.165) is 18.5 Å². The number of aryl methyl sites for hydroxylation is 1. The Morgan fingerprint density at radius 1 is 0.521 bits per heavy atom. The Labute approximate surface area is 279 Å². The van der Waals surface area contributed by atoms with Gasteiger partial charge in [-0.15, -0.1) is 0 Å². The van der Waals surface area contributed by atoms with Crippen LogP contribution in [0, 0.1) is 6.92 Å². The molecule has 1 aliphatic heterocycles. The number of para-hydroxylation sites is 4. The summed E-state index contributed by atoms with van der Waals surface area (Å²) in [6, 6.07) is 48.1. The van der Waals surface area contributed by atoms with E-state index in [4.69, 9.17) is 0 Å². The molecule has 0 unspecified atom stereocenters. The van der Waals surface area contributed by atoms with Gasteiger partial charge in [-0.2, -0.15) is 0 Å². The Kier molecular flexibility index (Phi) is 5.68. The zero-order chi connectivity index (χ0) is 32.1. The fourth-order valence-corrected chi connectivity index (χ4v) is 9.69. The minimum absolute atomic E-state index is 0.341. The SMILES string of the molecule is Cc1cccc2c3ccccc3n(-c3ccc4cc5c(cc4c3)Cc3ccc(N4c6ccccc6S(=O)(=O)c6ccccc64)cc3C5)c12. The minimum atomic E-state index is -3.61. The van der Waals surface area contributed by atoms with E-state index in [2.05, 4.69) is 107 Å². The maximum atomic E-state index is 13.5. The van der Waals surface area contributed by atoms with Gasteiger partial charge in [-0.3, -0.25) is 0 Å². The highest BCUT2D eigenvalue weighted by Gasteiger charge is 2.34. The topological polar surface area (TPSA) is 42.3 Å². The average Bonchev–Trinajstić information content (AvgIpc) is 3.45. The molecular weight excluding hydrogens is 609 g/mol. The predicted octanol–water partition coefficient (Wildman–Crippen LogP) is 10.4. The van der Waals surface area contributed by atoms with Crippen LogP contribution in [0.4, 0.5) is 17.1 Å². The monoisotopic (exact) mass is 638 g/mol. The van der Waals surface area contributed by atoms with Crippen LogP contribution in [-0.4, -0.2) is 13.0 Å². The number of fused-ring (bicyclic) bond motifs is 8. The first-order valence-electron chi connectivity index (χ1n) is 16.4. The molecule has 0 radical (unpaired) electrons. The summed E-state index contributed by atoms with van der Waals surface area (Å²) in [5.41, 5.74) is 12.6. The molecule has 0 bridgehead atoms. The van der Waals surface area contributed by atoms with E-state index in [9.17, 15) is 8.42 Å². The third-order valence-electron chi connectivity index (χ3n) is 10.3. The van der Waals surface area contributed by atoms with Crippen LogP contribution in [0.3, 0.4) is 0 Å². The first kappa shape index (κ1) is 27.5. The molecule has 1 aromatic heterocycles. The molecule has 0 spiro atoms. The molecule has 48 heavy (non-hydrogen) atoms. The summed E-state index contributed by atoms with van der Waals surface area (Å²) in [6.07, 6.45) is 1.69. The molecule has 1 aliphatic carbocycles. The lowest BCUT2D eigenvalue weighted by atomic mass is 9.84. The lowest BCUT2D eigenvalue weighted by molar-refractivity contribution is 0.595. The highest BCUT2D eigenvalue weighted by Crippen LogP contribution is 2.48. The summed E-state index contributed by atoms with van der Waals surface area (Å²) in [7, 11) is -3.61. The van der Waals surface area contributed by atoms with Crippen molar-refractivity contribution in [3.8, 4) is 5.69 Å². The fourth-order valence-electron chi connectivity index (χ4n) is 8.07. The molecule has 230 valence electrons. The lowest BCUT2D eigenvalue weighted by Crippen LogP contribution is -2.22. The quantitative estimate of drug-likeness (QED) is 0.189. The normalized spacial score (nSPS) is 14.5. The second-order valence-electron chi connectivity index (χ2n) is 13.1. The van der Waals surface area contributed by atoms with Crippen molar-refractivity contribution in [1.82, 2.24) is 4.57 Å². The Morgan fingerprint density at radius 3 is 1.94 bits per heavy atom. The molecule has 0 atom stereocenters. The number of hydrogen-bond acceptors (Lipinski definition) is 3. The second-order valence-corrected chi connectivity index (χ2v) is 14.9. The Balaban J connectivity index is 1.06. The van der Waals surface area contributed by atoms with Gasteiger partial charge >= 0.3 is 0 Å². The predicted molar refractivity (Wildman–Crippen MR) is 195 cm³/mol. The third-order valence-corrected chi connectivity index (χ3v) is 12.1. The van der Waals surface area contributed by atoms with E-state index in [-0.39, 0.29) is 0 Å². The Bertz CT molecular complexity index is 2720. The second kappa shape index (κ2) is 9.93. The van der Waals surface area contributed by atoms with Gasteiger partial charge in [-0.25, -0.2) is 8.42 Å². The molecule has 7 aromatic carbocycles. The smallest absolute Gasteiger partial charge is 0.210 e. The zero-order valence-corrected chi connectivity index (χ0v) is 27.1. The number of nitrogens with zero attached hydrogens (tertiary/aromatic N) is 2. The van der Waals surface area contributed by atoms with Crippen molar-refractivity contribution in [2.75, 3.05) is 4.90 Å². The number of benzene rings is 7. The largest absolute Gasteiger partial charge is 0.309 e. The summed E-state index contributed by atoms with van der Waals surface area (Å²) in [5, 5.41) is 5.04. The van der Waals surface area contributed by atoms with Gasteiger partial charge in [0.15, 0.2) is 0 Å². The molecule has 0 fully saturated rings. The Hall–Kier alpha value is -5.65. The minimum Gasteiger partial charge on any atom is -0.309 e. The van der Waals surface area contributed by atoms with Gasteiger partial charge in [-0.1, -0.05) is 84.9 Å². The first-order valence-corrected chi connectivity index (χ1v) is 17.8. The van der Waals surface area contributed by atoms with Crippen molar-refractivity contribution in [2.24, 2.45) is 0 Å². The van der Waals surface area contributed by atoms with Crippen LogP contribution >= 0.6 is 0 Å². The number of anilines is 3. The van der Waals surface area contributed by atoms with E-state index in [1.807, 2.05) is 24.3 Å². The van der Waals surface area contributed by atoms with Crippen LogP contribution < -0.4 is 4.90 Å². The van der Waals surface area contributed by atoms with Crippen molar-refractivity contribution >= 4 is 59.5 Å². The number of hydrogen-bond donors (Lipinski definition) is 0. The Morgan fingerprint density at radius 2 is 1.15 bits per heavy atom. The maximum absolute atomic E-state index is 13.5. The van der Waals surface area contributed by atoms with E-state index in [0.29, 0.717) is 21.2 Å². The van der Waals surface area contributed by atoms with Crippen LogP contribution in [0.25, 0.3) is 38.3 Å². The van der Waals surface area contributed by atoms with Crippen molar-refractivity contribution in [1.29, 1.82) is 0 Å². The van der Waals surface area contributed by atoms with Gasteiger partial charge < -0.3 is 9.47 Å². The van der Waals surface area contributed by atoms with E-state index < -0.39 is 9.84 Å². The van der Waals surface area contributed by atoms with Crippen LogP contribution in [0.1, 0.15) is 27.8 Å². The molecule has 10 rings (SSSR count). The number of sulfone groups is 1. The molecular formula is C43H30N2O2S. The van der Waals surface area contributed by atoms with Gasteiger partial charge in [0.1, 0.15) is 0 Å². The summed E-state index contributed by atoms with van der Waals surface area (Å²) in [4.78, 5) is 2.78. The van der Waals surface area contributed by atoms with Gasteiger partial charge in [0.05, 0.1) is 32.2 Å². The molecule has 0 N–H and O–H groups in total. The molecule has 8 aromatic rings. The molecule has 0 saturated carbocycles. The maximum Gasteiger partial charge on any atom is 0.210 e. The average molecular weight is 639 g/mol. The van der Waals surface area contributed by atoms with Gasteiger partial charge in [0, 0.05) is 22.1 Å². The van der Waals surface area contributed by atoms with Crippen LogP contribution in [-0.2, 0) is 22.7 Å². The highest BCUT2D eigenvalue weighted by molar-refractivity contribution is 7.92. The summed E-state index contributed by atoms with van der Waals surface area (Å²) in [6.45, 7) is 2.20. The van der Waals surface area contributed by atoms with Crippen LogP contribution in [0.2, 0.25) is 0 Å². The van der Waals surface area contributed by atoms with Crippen LogP contribution in [0.15, 0.2) is 149 Å². The highest BCUT2D eigenvalue weighted by atomic mass is 32.2. The van der Waals surface area contributed by atoms with E-state index >= 15 is 0 Å². The van der Waals surface area contributed by atoms with Crippen molar-refractivity contribution in [3.05, 3.63) is 167 Å². The molecule has 0 amide bonds.